The molecule has 0 bridgehead atoms. The molecule has 6 heteroatoms. The Kier molecular flexibility index (Phi) is 3.65. The van der Waals surface area contributed by atoms with Crippen LogP contribution in [0.3, 0.4) is 0 Å². The van der Waals surface area contributed by atoms with Crippen LogP contribution in [0.4, 0.5) is 22.7 Å². The van der Waals surface area contributed by atoms with Crippen LogP contribution < -0.4 is 21.1 Å². The standard InChI is InChI=1S/C20H17N3O3/c1-26-19-9-12(3-7-18(19)24)11-2-5-14-16(8-11)22-15-6-4-13(21)10-17(15)23-20(14)25/h2-10,22,24H,21H2,1H3,(H,23,25). The number of amides is 1. The number of ether oxygens (including phenoxy) is 1. The molecule has 0 fully saturated rings. The van der Waals surface area contributed by atoms with Crippen molar-refractivity contribution in [2.75, 3.05) is 23.5 Å². The highest BCUT2D eigenvalue weighted by Crippen LogP contribution is 2.37. The number of carbonyl (C=O) groups excluding carboxylic acids is 1. The van der Waals surface area contributed by atoms with Gasteiger partial charge < -0.3 is 26.2 Å². The van der Waals surface area contributed by atoms with E-state index in [2.05, 4.69) is 10.6 Å². The van der Waals surface area contributed by atoms with Crippen molar-refractivity contribution in [1.29, 1.82) is 0 Å². The highest BCUT2D eigenvalue weighted by molar-refractivity contribution is 6.12. The maximum Gasteiger partial charge on any atom is 0.257 e. The molecule has 0 spiro atoms. The number of phenolic OH excluding ortho intramolecular Hbond substituents is 1. The second-order valence-electron chi connectivity index (χ2n) is 6.03. The molecular formula is C20H17N3O3. The van der Waals surface area contributed by atoms with E-state index in [4.69, 9.17) is 10.5 Å². The molecule has 1 aliphatic heterocycles. The Labute approximate surface area is 150 Å². The van der Waals surface area contributed by atoms with Crippen LogP contribution in [0.1, 0.15) is 10.4 Å². The molecule has 4 rings (SSSR count). The van der Waals surface area contributed by atoms with Gasteiger partial charge in [0, 0.05) is 5.69 Å². The summed E-state index contributed by atoms with van der Waals surface area (Å²) in [6.45, 7) is 0. The van der Waals surface area contributed by atoms with Crippen molar-refractivity contribution in [2.24, 2.45) is 0 Å². The number of nitrogens with two attached hydrogens (primary N) is 1. The van der Waals surface area contributed by atoms with Crippen molar-refractivity contribution < 1.29 is 14.6 Å². The van der Waals surface area contributed by atoms with E-state index in [0.29, 0.717) is 28.4 Å². The summed E-state index contributed by atoms with van der Waals surface area (Å²) in [5, 5.41) is 15.9. The zero-order valence-corrected chi connectivity index (χ0v) is 14.0. The van der Waals surface area contributed by atoms with Gasteiger partial charge in [0.2, 0.25) is 0 Å². The molecule has 6 nitrogen and oxygen atoms in total. The van der Waals surface area contributed by atoms with Gasteiger partial charge in [0.1, 0.15) is 0 Å². The first-order chi connectivity index (χ1) is 12.5. The van der Waals surface area contributed by atoms with Gasteiger partial charge in [-0.25, -0.2) is 0 Å². The predicted molar refractivity (Wildman–Crippen MR) is 102 cm³/mol. The van der Waals surface area contributed by atoms with Gasteiger partial charge in [-0.1, -0.05) is 12.1 Å². The average Bonchev–Trinajstić information content (AvgIpc) is 2.77. The summed E-state index contributed by atoms with van der Waals surface area (Å²) in [5.41, 5.74) is 10.8. The fraction of sp³-hybridized carbons (Fsp3) is 0.0500. The third-order valence-corrected chi connectivity index (χ3v) is 4.34. The molecule has 0 unspecified atom stereocenters. The number of carbonyl (C=O) groups is 1. The summed E-state index contributed by atoms with van der Waals surface area (Å²) in [4.78, 5) is 12.5. The third kappa shape index (κ3) is 2.67. The summed E-state index contributed by atoms with van der Waals surface area (Å²) in [7, 11) is 1.50. The highest BCUT2D eigenvalue weighted by atomic mass is 16.5. The van der Waals surface area contributed by atoms with Gasteiger partial charge in [-0.15, -0.1) is 0 Å². The van der Waals surface area contributed by atoms with Crippen LogP contribution in [0.25, 0.3) is 11.1 Å². The number of phenols is 1. The first-order valence-electron chi connectivity index (χ1n) is 8.04. The lowest BCUT2D eigenvalue weighted by Gasteiger charge is -2.12. The summed E-state index contributed by atoms with van der Waals surface area (Å²) in [6, 6.07) is 16.0. The van der Waals surface area contributed by atoms with Crippen LogP contribution in [-0.4, -0.2) is 18.1 Å². The number of benzene rings is 3. The van der Waals surface area contributed by atoms with Crippen molar-refractivity contribution in [1.82, 2.24) is 0 Å². The van der Waals surface area contributed by atoms with Crippen molar-refractivity contribution in [3.05, 3.63) is 60.2 Å². The van der Waals surface area contributed by atoms with E-state index < -0.39 is 0 Å². The van der Waals surface area contributed by atoms with Crippen LogP contribution in [0.5, 0.6) is 11.5 Å². The number of rotatable bonds is 2. The Balaban J connectivity index is 1.80. The lowest BCUT2D eigenvalue weighted by molar-refractivity contribution is 0.102. The summed E-state index contributed by atoms with van der Waals surface area (Å²) in [6.07, 6.45) is 0. The Bertz CT molecular complexity index is 1030. The highest BCUT2D eigenvalue weighted by Gasteiger charge is 2.19. The number of hydrogen-bond donors (Lipinski definition) is 4. The second-order valence-corrected chi connectivity index (χ2v) is 6.03. The lowest BCUT2D eigenvalue weighted by atomic mass is 10.0. The van der Waals surface area contributed by atoms with E-state index in [9.17, 15) is 9.90 Å². The van der Waals surface area contributed by atoms with Gasteiger partial charge in [-0.05, 0) is 53.6 Å². The minimum atomic E-state index is -0.202. The second kappa shape index (κ2) is 6.00. The van der Waals surface area contributed by atoms with E-state index in [-0.39, 0.29) is 11.7 Å². The van der Waals surface area contributed by atoms with Gasteiger partial charge in [0.15, 0.2) is 11.5 Å². The molecule has 0 saturated carbocycles. The third-order valence-electron chi connectivity index (χ3n) is 4.34. The molecular weight excluding hydrogens is 330 g/mol. The van der Waals surface area contributed by atoms with Crippen molar-refractivity contribution in [3.63, 3.8) is 0 Å². The number of aromatic hydroxyl groups is 1. The minimum Gasteiger partial charge on any atom is -0.504 e. The molecule has 1 amide bonds. The number of methoxy groups -OCH3 is 1. The van der Waals surface area contributed by atoms with Crippen molar-refractivity contribution >= 4 is 28.7 Å². The van der Waals surface area contributed by atoms with E-state index in [0.717, 1.165) is 16.8 Å². The monoisotopic (exact) mass is 347 g/mol. The van der Waals surface area contributed by atoms with Crippen LogP contribution in [0.2, 0.25) is 0 Å². The molecule has 130 valence electrons. The van der Waals surface area contributed by atoms with Crippen LogP contribution in [-0.2, 0) is 0 Å². The zero-order valence-electron chi connectivity index (χ0n) is 14.0. The predicted octanol–water partition coefficient (Wildman–Crippen LogP) is 3.96. The molecule has 5 N–H and O–H groups in total. The van der Waals surface area contributed by atoms with Gasteiger partial charge in [-0.2, -0.15) is 0 Å². The molecule has 0 radical (unpaired) electrons. The largest absolute Gasteiger partial charge is 0.504 e. The van der Waals surface area contributed by atoms with Crippen LogP contribution in [0.15, 0.2) is 54.6 Å². The smallest absolute Gasteiger partial charge is 0.257 e. The first-order valence-corrected chi connectivity index (χ1v) is 8.04. The van der Waals surface area contributed by atoms with Crippen molar-refractivity contribution in [3.8, 4) is 22.6 Å². The Morgan fingerprint density at radius 1 is 0.885 bits per heavy atom. The first kappa shape index (κ1) is 15.8. The SMILES string of the molecule is COc1cc(-c2ccc3c(c2)Nc2ccc(N)cc2NC3=O)ccc1O. The van der Waals surface area contributed by atoms with E-state index in [1.807, 2.05) is 18.2 Å². The molecule has 26 heavy (non-hydrogen) atoms. The van der Waals surface area contributed by atoms with E-state index in [1.54, 1.807) is 36.4 Å². The quantitative estimate of drug-likeness (QED) is 0.526. The molecule has 3 aromatic carbocycles. The Hall–Kier alpha value is -3.67. The zero-order chi connectivity index (χ0) is 18.3. The molecule has 3 aromatic rings. The fourth-order valence-electron chi connectivity index (χ4n) is 2.99. The normalized spacial score (nSPS) is 12.3. The molecule has 0 atom stereocenters. The fourth-order valence-corrected chi connectivity index (χ4v) is 2.99. The maximum atomic E-state index is 12.5. The number of anilines is 4. The Morgan fingerprint density at radius 3 is 2.46 bits per heavy atom. The van der Waals surface area contributed by atoms with E-state index in [1.165, 1.54) is 7.11 Å². The van der Waals surface area contributed by atoms with E-state index >= 15 is 0 Å². The van der Waals surface area contributed by atoms with Crippen LogP contribution in [0, 0.1) is 0 Å². The summed E-state index contributed by atoms with van der Waals surface area (Å²) < 4.78 is 5.17. The molecule has 0 saturated heterocycles. The van der Waals surface area contributed by atoms with Crippen LogP contribution >= 0.6 is 0 Å². The van der Waals surface area contributed by atoms with Gasteiger partial charge >= 0.3 is 0 Å². The molecule has 1 aliphatic rings. The minimum absolute atomic E-state index is 0.0787. The van der Waals surface area contributed by atoms with Gasteiger partial charge in [0.05, 0.1) is 29.7 Å². The lowest BCUT2D eigenvalue weighted by Crippen LogP contribution is -2.10. The van der Waals surface area contributed by atoms with Gasteiger partial charge in [-0.3, -0.25) is 4.79 Å². The topological polar surface area (TPSA) is 96.6 Å². The number of hydrogen-bond acceptors (Lipinski definition) is 5. The number of nitrogen functional groups attached to an aromatic ring is 1. The summed E-state index contributed by atoms with van der Waals surface area (Å²) in [5.74, 6) is 0.269. The van der Waals surface area contributed by atoms with Gasteiger partial charge in [0.25, 0.3) is 5.91 Å². The summed E-state index contributed by atoms with van der Waals surface area (Å²) >= 11 is 0. The number of fused-ring (bicyclic) bond motifs is 2. The number of nitrogens with one attached hydrogen (secondary N) is 2. The Morgan fingerprint density at radius 2 is 1.65 bits per heavy atom. The average molecular weight is 347 g/mol. The molecule has 0 aromatic heterocycles. The maximum absolute atomic E-state index is 12.5. The molecule has 0 aliphatic carbocycles. The molecule has 1 heterocycles. The van der Waals surface area contributed by atoms with Crippen molar-refractivity contribution in [2.45, 2.75) is 0 Å².